The number of carbonyl (C=O) groups is 1. The molecule has 1 amide bonds. The fourth-order valence-electron chi connectivity index (χ4n) is 2.66. The number of benzene rings is 1. The monoisotopic (exact) mass is 412 g/mol. The van der Waals surface area contributed by atoms with E-state index in [9.17, 15) is 13.2 Å². The zero-order chi connectivity index (χ0) is 17.2. The predicted molar refractivity (Wildman–Crippen MR) is 92.0 cm³/mol. The second kappa shape index (κ2) is 7.04. The van der Waals surface area contributed by atoms with Gasteiger partial charge in [0.15, 0.2) is 5.03 Å². The lowest BCUT2D eigenvalue weighted by atomic mass is 10.2. The van der Waals surface area contributed by atoms with Gasteiger partial charge in [-0.1, -0.05) is 22.0 Å². The van der Waals surface area contributed by atoms with Gasteiger partial charge >= 0.3 is 0 Å². The molecule has 0 spiro atoms. The smallest absolute Gasteiger partial charge is 0.260 e. The molecular formula is C15H17BrN4O3S. The number of nitrogens with one attached hydrogen (secondary N) is 1. The summed E-state index contributed by atoms with van der Waals surface area (Å²) in [6.07, 6.45) is 3.23. The average Bonchev–Trinajstić information content (AvgIpc) is 2.99. The number of aromatic amines is 1. The molecule has 1 aliphatic rings. The Morgan fingerprint density at radius 3 is 2.75 bits per heavy atom. The predicted octanol–water partition coefficient (Wildman–Crippen LogP) is 1.71. The molecule has 0 saturated carbocycles. The summed E-state index contributed by atoms with van der Waals surface area (Å²) >= 11 is 3.36. The number of H-pyrrole nitrogens is 1. The van der Waals surface area contributed by atoms with Crippen LogP contribution in [0.3, 0.4) is 0 Å². The minimum absolute atomic E-state index is 0.0780. The molecule has 1 saturated heterocycles. The lowest BCUT2D eigenvalue weighted by Gasteiger charge is -2.21. The number of hydrogen-bond donors (Lipinski definition) is 1. The normalized spacial score (nSPS) is 16.8. The van der Waals surface area contributed by atoms with Crippen molar-refractivity contribution < 1.29 is 13.2 Å². The van der Waals surface area contributed by atoms with Crippen LogP contribution in [-0.4, -0.2) is 59.7 Å². The van der Waals surface area contributed by atoms with E-state index < -0.39 is 10.0 Å². The zero-order valence-electron chi connectivity index (χ0n) is 12.9. The first-order valence-electron chi connectivity index (χ1n) is 7.52. The third kappa shape index (κ3) is 3.52. The first-order chi connectivity index (χ1) is 11.5. The summed E-state index contributed by atoms with van der Waals surface area (Å²) in [6, 6.07) is 7.20. The van der Waals surface area contributed by atoms with Crippen molar-refractivity contribution in [3.8, 4) is 0 Å². The van der Waals surface area contributed by atoms with Crippen LogP contribution in [0.5, 0.6) is 0 Å². The van der Waals surface area contributed by atoms with Crippen molar-refractivity contribution in [3.63, 3.8) is 0 Å². The maximum absolute atomic E-state index is 12.6. The first kappa shape index (κ1) is 17.1. The number of aromatic nitrogens is 2. The highest BCUT2D eigenvalue weighted by Gasteiger charge is 2.29. The van der Waals surface area contributed by atoms with Crippen LogP contribution in [0, 0.1) is 0 Å². The van der Waals surface area contributed by atoms with E-state index in [-0.39, 0.29) is 17.5 Å². The van der Waals surface area contributed by atoms with Gasteiger partial charge in [-0.15, -0.1) is 0 Å². The molecule has 1 aromatic heterocycles. The van der Waals surface area contributed by atoms with Crippen molar-refractivity contribution in [2.75, 3.05) is 26.2 Å². The Kier molecular flexibility index (Phi) is 5.02. The summed E-state index contributed by atoms with van der Waals surface area (Å²) in [7, 11) is -3.59. The molecule has 0 atom stereocenters. The Morgan fingerprint density at radius 2 is 2.04 bits per heavy atom. The molecule has 24 heavy (non-hydrogen) atoms. The maximum Gasteiger partial charge on any atom is 0.260 e. The summed E-state index contributed by atoms with van der Waals surface area (Å²) in [6.45, 7) is 1.53. The molecule has 1 aliphatic heterocycles. The highest BCUT2D eigenvalue weighted by molar-refractivity contribution is 9.10. The largest absolute Gasteiger partial charge is 0.337 e. The van der Waals surface area contributed by atoms with Gasteiger partial charge in [-0.25, -0.2) is 13.4 Å². The van der Waals surface area contributed by atoms with Crippen molar-refractivity contribution >= 4 is 31.9 Å². The van der Waals surface area contributed by atoms with Gasteiger partial charge in [0, 0.05) is 36.2 Å². The fourth-order valence-corrected chi connectivity index (χ4v) is 4.43. The molecule has 9 heteroatoms. The van der Waals surface area contributed by atoms with Crippen molar-refractivity contribution in [3.05, 3.63) is 46.8 Å². The molecule has 0 bridgehead atoms. The first-order valence-corrected chi connectivity index (χ1v) is 9.75. The molecule has 0 unspecified atom stereocenters. The van der Waals surface area contributed by atoms with Crippen LogP contribution in [0.4, 0.5) is 0 Å². The van der Waals surface area contributed by atoms with Gasteiger partial charge in [-0.2, -0.15) is 4.31 Å². The van der Waals surface area contributed by atoms with Crippen molar-refractivity contribution in [1.82, 2.24) is 19.2 Å². The van der Waals surface area contributed by atoms with Gasteiger partial charge in [0.1, 0.15) is 0 Å². The Morgan fingerprint density at radius 1 is 1.21 bits per heavy atom. The van der Waals surface area contributed by atoms with Crippen molar-refractivity contribution in [2.24, 2.45) is 0 Å². The molecular weight excluding hydrogens is 396 g/mol. The molecule has 3 rings (SSSR count). The number of rotatable bonds is 3. The third-order valence-electron chi connectivity index (χ3n) is 3.90. The SMILES string of the molecule is O=C(c1cccc(Br)c1)N1CCCN(S(=O)(=O)c2cnc[nH]2)CC1. The van der Waals surface area contributed by atoms with Crippen LogP contribution in [0.25, 0.3) is 0 Å². The van der Waals surface area contributed by atoms with Gasteiger partial charge in [0.2, 0.25) is 0 Å². The van der Waals surface area contributed by atoms with Gasteiger partial charge < -0.3 is 9.88 Å². The quantitative estimate of drug-likeness (QED) is 0.830. The summed E-state index contributed by atoms with van der Waals surface area (Å²) in [4.78, 5) is 20.7. The van der Waals surface area contributed by atoms with Gasteiger partial charge in [-0.3, -0.25) is 4.79 Å². The van der Waals surface area contributed by atoms with E-state index in [0.717, 1.165) is 4.47 Å². The van der Waals surface area contributed by atoms with Crippen molar-refractivity contribution in [2.45, 2.75) is 11.4 Å². The van der Waals surface area contributed by atoms with E-state index >= 15 is 0 Å². The van der Waals surface area contributed by atoms with Crippen molar-refractivity contribution in [1.29, 1.82) is 0 Å². The lowest BCUT2D eigenvalue weighted by molar-refractivity contribution is 0.0764. The summed E-state index contributed by atoms with van der Waals surface area (Å²) in [5, 5.41) is 0.0780. The highest BCUT2D eigenvalue weighted by atomic mass is 79.9. The van der Waals surface area contributed by atoms with E-state index in [4.69, 9.17) is 0 Å². The second-order valence-electron chi connectivity index (χ2n) is 5.48. The van der Waals surface area contributed by atoms with E-state index in [1.807, 2.05) is 12.1 Å². The standard InChI is InChI=1S/C15H17BrN4O3S/c16-13-4-1-3-12(9-13)15(21)19-5-2-6-20(8-7-19)24(22,23)14-10-17-11-18-14/h1,3-4,9-11H,2,5-8H2,(H,17,18). The minimum atomic E-state index is -3.59. The number of amides is 1. The Hall–Kier alpha value is -1.71. The summed E-state index contributed by atoms with van der Waals surface area (Å²) in [5.74, 6) is -0.0860. The second-order valence-corrected chi connectivity index (χ2v) is 8.30. The van der Waals surface area contributed by atoms with Crippen LogP contribution >= 0.6 is 15.9 Å². The number of hydrogen-bond acceptors (Lipinski definition) is 4. The summed E-state index contributed by atoms with van der Waals surface area (Å²) < 4.78 is 27.3. The molecule has 1 aromatic carbocycles. The Labute approximate surface area is 148 Å². The number of nitrogens with zero attached hydrogens (tertiary/aromatic N) is 3. The highest BCUT2D eigenvalue weighted by Crippen LogP contribution is 2.18. The number of imidazole rings is 1. The molecule has 0 radical (unpaired) electrons. The third-order valence-corrected chi connectivity index (χ3v) is 6.22. The molecule has 1 N–H and O–H groups in total. The van der Waals surface area contributed by atoms with Crippen LogP contribution < -0.4 is 0 Å². The molecule has 0 aliphatic carbocycles. The lowest BCUT2D eigenvalue weighted by Crippen LogP contribution is -2.37. The topological polar surface area (TPSA) is 86.4 Å². The average molecular weight is 413 g/mol. The molecule has 7 nitrogen and oxygen atoms in total. The van der Waals surface area contributed by atoms with E-state index in [0.29, 0.717) is 31.6 Å². The van der Waals surface area contributed by atoms with E-state index in [2.05, 4.69) is 25.9 Å². The van der Waals surface area contributed by atoms with Crippen LogP contribution in [0.15, 0.2) is 46.3 Å². The van der Waals surface area contributed by atoms with Gasteiger partial charge in [0.25, 0.3) is 15.9 Å². The zero-order valence-corrected chi connectivity index (χ0v) is 15.3. The minimum Gasteiger partial charge on any atom is -0.337 e. The molecule has 1 fully saturated rings. The van der Waals surface area contributed by atoms with Gasteiger partial charge in [-0.05, 0) is 24.6 Å². The Bertz CT molecular complexity index is 823. The number of carbonyl (C=O) groups excluding carboxylic acids is 1. The van der Waals surface area contributed by atoms with E-state index in [1.165, 1.54) is 16.8 Å². The van der Waals surface area contributed by atoms with Crippen LogP contribution in [0.1, 0.15) is 16.8 Å². The van der Waals surface area contributed by atoms with Crippen LogP contribution in [0.2, 0.25) is 0 Å². The number of sulfonamides is 1. The fraction of sp³-hybridized carbons (Fsp3) is 0.333. The summed E-state index contributed by atoms with van der Waals surface area (Å²) in [5.41, 5.74) is 0.592. The molecule has 2 aromatic rings. The van der Waals surface area contributed by atoms with Crippen LogP contribution in [-0.2, 0) is 10.0 Å². The van der Waals surface area contributed by atoms with Gasteiger partial charge in [0.05, 0.1) is 12.5 Å². The maximum atomic E-state index is 12.6. The number of halogens is 1. The van der Waals surface area contributed by atoms with E-state index in [1.54, 1.807) is 17.0 Å². The molecule has 128 valence electrons. The Balaban J connectivity index is 1.73. The molecule has 2 heterocycles.